The van der Waals surface area contributed by atoms with Gasteiger partial charge in [-0.25, -0.2) is 0 Å². The van der Waals surface area contributed by atoms with E-state index in [9.17, 15) is 10.4 Å². The molecule has 1 heterocycles. The zero-order valence-corrected chi connectivity index (χ0v) is 13.7. The summed E-state index contributed by atoms with van der Waals surface area (Å²) in [6, 6.07) is 8.79. The quantitative estimate of drug-likeness (QED) is 0.910. The minimum Gasteiger partial charge on any atom is -0.396 e. The number of aliphatic hydroxyl groups is 1. The number of aromatic nitrogens is 1. The normalized spacial score (nSPS) is 18.2. The molecule has 110 valence electrons. The second-order valence-corrected chi connectivity index (χ2v) is 7.11. The summed E-state index contributed by atoms with van der Waals surface area (Å²) in [5.74, 6) is 0.201. The molecule has 0 aliphatic heterocycles. The lowest BCUT2D eigenvalue weighted by Crippen LogP contribution is -2.32. The van der Waals surface area contributed by atoms with E-state index in [2.05, 4.69) is 44.9 Å². The van der Waals surface area contributed by atoms with E-state index >= 15 is 0 Å². The van der Waals surface area contributed by atoms with Crippen LogP contribution >= 0.6 is 15.9 Å². The summed E-state index contributed by atoms with van der Waals surface area (Å²) in [6.45, 7) is 2.98. The number of hydrogen-bond acceptors (Lipinski definition) is 2. The van der Waals surface area contributed by atoms with E-state index in [1.165, 1.54) is 5.39 Å². The average molecular weight is 347 g/mol. The fourth-order valence-electron chi connectivity index (χ4n) is 3.16. The Morgan fingerprint density at radius 1 is 1.48 bits per heavy atom. The highest BCUT2D eigenvalue weighted by Crippen LogP contribution is 2.46. The number of halogens is 1. The van der Waals surface area contributed by atoms with Gasteiger partial charge < -0.3 is 9.67 Å². The minimum atomic E-state index is -0.306. The van der Waals surface area contributed by atoms with Crippen LogP contribution in [0.4, 0.5) is 0 Å². The maximum absolute atomic E-state index is 9.63. The van der Waals surface area contributed by atoms with Crippen LogP contribution in [0.25, 0.3) is 10.9 Å². The minimum absolute atomic E-state index is 0.173. The lowest BCUT2D eigenvalue weighted by Gasteiger charge is -2.35. The predicted molar refractivity (Wildman–Crippen MR) is 87.0 cm³/mol. The van der Waals surface area contributed by atoms with Gasteiger partial charge >= 0.3 is 0 Å². The lowest BCUT2D eigenvalue weighted by molar-refractivity contribution is 0.224. The molecule has 3 rings (SSSR count). The Morgan fingerprint density at radius 3 is 2.81 bits per heavy atom. The number of benzene rings is 1. The van der Waals surface area contributed by atoms with Gasteiger partial charge in [-0.2, -0.15) is 5.26 Å². The average Bonchev–Trinajstić information content (AvgIpc) is 2.77. The highest BCUT2D eigenvalue weighted by Gasteiger charge is 2.41. The first kappa shape index (κ1) is 14.6. The van der Waals surface area contributed by atoms with Gasteiger partial charge in [0.25, 0.3) is 0 Å². The highest BCUT2D eigenvalue weighted by atomic mass is 79.9. The third-order valence-electron chi connectivity index (χ3n) is 4.60. The maximum Gasteiger partial charge on any atom is 0.0843 e. The smallest absolute Gasteiger partial charge is 0.0843 e. The fourth-order valence-corrected chi connectivity index (χ4v) is 3.51. The molecule has 1 aromatic carbocycles. The van der Waals surface area contributed by atoms with Crippen LogP contribution in [0.15, 0.2) is 28.9 Å². The molecule has 1 saturated carbocycles. The summed E-state index contributed by atoms with van der Waals surface area (Å²) in [5, 5.41) is 20.1. The van der Waals surface area contributed by atoms with Gasteiger partial charge in [-0.15, -0.1) is 0 Å². The third-order valence-corrected chi connectivity index (χ3v) is 5.09. The molecule has 0 unspecified atom stereocenters. The van der Waals surface area contributed by atoms with Crippen LogP contribution in [0.1, 0.15) is 31.7 Å². The number of nitriles is 1. The lowest BCUT2D eigenvalue weighted by atomic mass is 9.65. The Hall–Kier alpha value is -1.31. The van der Waals surface area contributed by atoms with Crippen LogP contribution in [0.2, 0.25) is 0 Å². The Morgan fingerprint density at radius 2 is 2.24 bits per heavy atom. The SMILES string of the molecule is C[C@H](CO)Cn1cc(C2(C#N)CCC2)c2ccc(Br)cc21. The summed E-state index contributed by atoms with van der Waals surface area (Å²) in [7, 11) is 0. The van der Waals surface area contributed by atoms with Gasteiger partial charge in [0.2, 0.25) is 0 Å². The molecule has 0 bridgehead atoms. The number of rotatable bonds is 4. The van der Waals surface area contributed by atoms with Crippen LogP contribution in [-0.2, 0) is 12.0 Å². The van der Waals surface area contributed by atoms with Gasteiger partial charge in [0.1, 0.15) is 0 Å². The molecule has 3 nitrogen and oxygen atoms in total. The van der Waals surface area contributed by atoms with Crippen molar-refractivity contribution in [1.29, 1.82) is 5.26 Å². The summed E-state index contributed by atoms with van der Waals surface area (Å²) < 4.78 is 3.23. The van der Waals surface area contributed by atoms with Crippen molar-refractivity contribution in [2.45, 2.75) is 38.1 Å². The van der Waals surface area contributed by atoms with Crippen LogP contribution in [0.5, 0.6) is 0 Å². The first-order valence-electron chi connectivity index (χ1n) is 7.40. The molecule has 0 radical (unpaired) electrons. The second-order valence-electron chi connectivity index (χ2n) is 6.19. The molecule has 1 aromatic heterocycles. The zero-order chi connectivity index (χ0) is 15.0. The maximum atomic E-state index is 9.63. The Labute approximate surface area is 133 Å². The van der Waals surface area contributed by atoms with Gasteiger partial charge in [0.05, 0.1) is 11.5 Å². The van der Waals surface area contributed by atoms with Gasteiger partial charge in [-0.1, -0.05) is 28.9 Å². The van der Waals surface area contributed by atoms with E-state index in [1.807, 2.05) is 13.0 Å². The number of aliphatic hydroxyl groups excluding tert-OH is 1. The van der Waals surface area contributed by atoms with Crippen molar-refractivity contribution >= 4 is 26.8 Å². The van der Waals surface area contributed by atoms with E-state index < -0.39 is 0 Å². The second kappa shape index (κ2) is 5.47. The first-order chi connectivity index (χ1) is 10.1. The zero-order valence-electron chi connectivity index (χ0n) is 12.1. The molecule has 1 atom stereocenters. The Kier molecular flexibility index (Phi) is 3.81. The van der Waals surface area contributed by atoms with Crippen molar-refractivity contribution < 1.29 is 5.11 Å². The summed E-state index contributed by atoms with van der Waals surface area (Å²) in [4.78, 5) is 0. The monoisotopic (exact) mass is 346 g/mol. The van der Waals surface area contributed by atoms with E-state index in [0.717, 1.165) is 41.4 Å². The van der Waals surface area contributed by atoms with Crippen molar-refractivity contribution in [1.82, 2.24) is 4.57 Å². The molecule has 1 aliphatic rings. The molecule has 4 heteroatoms. The summed E-state index contributed by atoms with van der Waals surface area (Å²) in [5.41, 5.74) is 1.99. The van der Waals surface area contributed by atoms with E-state index in [0.29, 0.717) is 0 Å². The standard InChI is InChI=1S/C17H19BrN2O/c1-12(10-21)8-20-9-15(17(11-19)5-2-6-17)14-4-3-13(18)7-16(14)20/h3-4,7,9,12,21H,2,5-6,8,10H2,1H3/t12-/m0/s1. The van der Waals surface area contributed by atoms with Crippen molar-refractivity contribution in [3.63, 3.8) is 0 Å². The summed E-state index contributed by atoms with van der Waals surface area (Å²) >= 11 is 3.53. The largest absolute Gasteiger partial charge is 0.396 e. The number of hydrogen-bond donors (Lipinski definition) is 1. The van der Waals surface area contributed by atoms with Crippen molar-refractivity contribution in [2.75, 3.05) is 6.61 Å². The van der Waals surface area contributed by atoms with Gasteiger partial charge in [0, 0.05) is 34.7 Å². The van der Waals surface area contributed by atoms with Gasteiger partial charge in [-0.05, 0) is 42.9 Å². The number of nitrogens with zero attached hydrogens (tertiary/aromatic N) is 2. The number of fused-ring (bicyclic) bond motifs is 1. The van der Waals surface area contributed by atoms with Crippen LogP contribution in [0, 0.1) is 17.2 Å². The molecular formula is C17H19BrN2O. The van der Waals surface area contributed by atoms with Gasteiger partial charge in [0.15, 0.2) is 0 Å². The molecule has 1 N–H and O–H groups in total. The van der Waals surface area contributed by atoms with Crippen LogP contribution in [0.3, 0.4) is 0 Å². The molecule has 0 amide bonds. The first-order valence-corrected chi connectivity index (χ1v) is 8.20. The molecule has 1 aliphatic carbocycles. The van der Waals surface area contributed by atoms with Crippen molar-refractivity contribution in [2.24, 2.45) is 5.92 Å². The Bertz CT molecular complexity index is 709. The van der Waals surface area contributed by atoms with Gasteiger partial charge in [-0.3, -0.25) is 0 Å². The van der Waals surface area contributed by atoms with E-state index in [1.54, 1.807) is 0 Å². The van der Waals surface area contributed by atoms with Crippen molar-refractivity contribution in [3.8, 4) is 6.07 Å². The molecule has 1 fully saturated rings. The third kappa shape index (κ3) is 2.39. The Balaban J connectivity index is 2.15. The molecule has 21 heavy (non-hydrogen) atoms. The highest BCUT2D eigenvalue weighted by molar-refractivity contribution is 9.10. The molecular weight excluding hydrogens is 328 g/mol. The van der Waals surface area contributed by atoms with E-state index in [4.69, 9.17) is 0 Å². The molecule has 0 saturated heterocycles. The van der Waals surface area contributed by atoms with E-state index in [-0.39, 0.29) is 17.9 Å². The van der Waals surface area contributed by atoms with Crippen LogP contribution in [-0.4, -0.2) is 16.3 Å². The topological polar surface area (TPSA) is 49.0 Å². The molecule has 0 spiro atoms. The predicted octanol–water partition coefficient (Wildman–Crippen LogP) is 3.98. The van der Waals surface area contributed by atoms with Crippen molar-refractivity contribution in [3.05, 3.63) is 34.4 Å². The van der Waals surface area contributed by atoms with Crippen LogP contribution < -0.4 is 0 Å². The summed E-state index contributed by atoms with van der Waals surface area (Å²) in [6.07, 6.45) is 5.16. The fraction of sp³-hybridized carbons (Fsp3) is 0.471. The molecule has 2 aromatic rings.